The fraction of sp³-hybridized carbons (Fsp3) is 0.933. The largest absolute Gasteiger partial charge is 0.299 e. The van der Waals surface area contributed by atoms with Crippen molar-refractivity contribution in [2.75, 3.05) is 0 Å². The monoisotopic (exact) mass is 222 g/mol. The molecule has 0 unspecified atom stereocenters. The molecule has 0 spiro atoms. The van der Waals surface area contributed by atoms with E-state index in [9.17, 15) is 4.79 Å². The lowest BCUT2D eigenvalue weighted by atomic mass is 9.74. The van der Waals surface area contributed by atoms with Crippen LogP contribution in [0.3, 0.4) is 0 Å². The summed E-state index contributed by atoms with van der Waals surface area (Å²) in [4.78, 5) is 12.5. The highest BCUT2D eigenvalue weighted by Crippen LogP contribution is 2.44. The van der Waals surface area contributed by atoms with Gasteiger partial charge in [-0.15, -0.1) is 0 Å². The van der Waals surface area contributed by atoms with Crippen LogP contribution in [0, 0.1) is 11.3 Å². The van der Waals surface area contributed by atoms with Crippen molar-refractivity contribution in [1.82, 2.24) is 0 Å². The minimum absolute atomic E-state index is 0.109. The molecule has 0 N–H and O–H groups in total. The molecular weight excluding hydrogens is 196 g/mol. The molecule has 2 rings (SSSR count). The maximum atomic E-state index is 12.5. The van der Waals surface area contributed by atoms with Gasteiger partial charge in [0.15, 0.2) is 0 Å². The molecular formula is C15H26O. The number of carbonyl (C=O) groups is 1. The topological polar surface area (TPSA) is 17.1 Å². The van der Waals surface area contributed by atoms with Crippen molar-refractivity contribution in [3.63, 3.8) is 0 Å². The average molecular weight is 222 g/mol. The highest BCUT2D eigenvalue weighted by Gasteiger charge is 2.39. The van der Waals surface area contributed by atoms with Crippen LogP contribution in [0.5, 0.6) is 0 Å². The first-order valence-electron chi connectivity index (χ1n) is 7.30. The number of Topliss-reactive ketones (excluding diaryl/α,β-unsaturated/α-hetero) is 1. The van der Waals surface area contributed by atoms with E-state index in [2.05, 4.69) is 6.92 Å². The summed E-state index contributed by atoms with van der Waals surface area (Å²) in [6.45, 7) is 2.21. The molecule has 92 valence electrons. The van der Waals surface area contributed by atoms with E-state index in [0.717, 1.165) is 18.8 Å². The zero-order valence-electron chi connectivity index (χ0n) is 10.8. The standard InChI is InChI=1S/C15H26O/c1-2-15(10-6-7-11-15)14(16)12-13-8-4-3-5-9-13/h13H,2-12H2,1H3. The maximum Gasteiger partial charge on any atom is 0.139 e. The highest BCUT2D eigenvalue weighted by atomic mass is 16.1. The van der Waals surface area contributed by atoms with Gasteiger partial charge >= 0.3 is 0 Å². The van der Waals surface area contributed by atoms with Gasteiger partial charge in [0.1, 0.15) is 5.78 Å². The van der Waals surface area contributed by atoms with Crippen LogP contribution < -0.4 is 0 Å². The van der Waals surface area contributed by atoms with E-state index in [0.29, 0.717) is 5.78 Å². The molecule has 0 aromatic rings. The van der Waals surface area contributed by atoms with E-state index >= 15 is 0 Å². The van der Waals surface area contributed by atoms with Crippen molar-refractivity contribution in [3.05, 3.63) is 0 Å². The normalized spacial score (nSPS) is 25.8. The van der Waals surface area contributed by atoms with Crippen LogP contribution in [-0.4, -0.2) is 5.78 Å². The van der Waals surface area contributed by atoms with E-state index in [4.69, 9.17) is 0 Å². The van der Waals surface area contributed by atoms with Gasteiger partial charge in [0.05, 0.1) is 0 Å². The van der Waals surface area contributed by atoms with Crippen molar-refractivity contribution < 1.29 is 4.79 Å². The van der Waals surface area contributed by atoms with E-state index in [-0.39, 0.29) is 5.41 Å². The van der Waals surface area contributed by atoms with E-state index in [1.807, 2.05) is 0 Å². The summed E-state index contributed by atoms with van der Waals surface area (Å²) in [5, 5.41) is 0. The molecule has 0 bridgehead atoms. The van der Waals surface area contributed by atoms with Gasteiger partial charge < -0.3 is 0 Å². The number of carbonyl (C=O) groups excluding carboxylic acids is 1. The molecule has 0 aromatic heterocycles. The summed E-state index contributed by atoms with van der Waals surface area (Å²) in [5.41, 5.74) is 0.109. The van der Waals surface area contributed by atoms with Crippen LogP contribution >= 0.6 is 0 Å². The van der Waals surface area contributed by atoms with Crippen LogP contribution in [0.4, 0.5) is 0 Å². The van der Waals surface area contributed by atoms with Crippen molar-refractivity contribution in [1.29, 1.82) is 0 Å². The number of hydrogen-bond acceptors (Lipinski definition) is 1. The second kappa shape index (κ2) is 5.33. The van der Waals surface area contributed by atoms with Gasteiger partial charge in [-0.2, -0.15) is 0 Å². The summed E-state index contributed by atoms with van der Waals surface area (Å²) < 4.78 is 0. The minimum Gasteiger partial charge on any atom is -0.299 e. The SMILES string of the molecule is CCC1(C(=O)CC2CCCCC2)CCCC1. The Morgan fingerprint density at radius 2 is 1.69 bits per heavy atom. The molecule has 0 aliphatic heterocycles. The fourth-order valence-corrected chi connectivity index (χ4v) is 3.75. The summed E-state index contributed by atoms with van der Waals surface area (Å²) in [7, 11) is 0. The second-order valence-electron chi connectivity index (χ2n) is 5.97. The number of rotatable bonds is 4. The Kier molecular flexibility index (Phi) is 4.05. The first-order chi connectivity index (χ1) is 7.77. The van der Waals surface area contributed by atoms with Crippen LogP contribution in [0.25, 0.3) is 0 Å². The predicted molar refractivity (Wildman–Crippen MR) is 67.4 cm³/mol. The molecule has 0 amide bonds. The van der Waals surface area contributed by atoms with Crippen LogP contribution in [-0.2, 0) is 4.79 Å². The van der Waals surface area contributed by atoms with E-state index in [1.54, 1.807) is 0 Å². The average Bonchev–Trinajstić information content (AvgIpc) is 2.80. The number of ketones is 1. The Hall–Kier alpha value is -0.330. The Morgan fingerprint density at radius 1 is 1.06 bits per heavy atom. The molecule has 0 saturated heterocycles. The smallest absolute Gasteiger partial charge is 0.139 e. The summed E-state index contributed by atoms with van der Waals surface area (Å²) in [6.07, 6.45) is 13.6. The molecule has 0 aromatic carbocycles. The first-order valence-corrected chi connectivity index (χ1v) is 7.30. The summed E-state index contributed by atoms with van der Waals surface area (Å²) >= 11 is 0. The van der Waals surface area contributed by atoms with Gasteiger partial charge in [-0.25, -0.2) is 0 Å². The van der Waals surface area contributed by atoms with Gasteiger partial charge in [-0.05, 0) is 25.2 Å². The third-order valence-electron chi connectivity index (χ3n) is 5.03. The molecule has 2 fully saturated rings. The van der Waals surface area contributed by atoms with Gasteiger partial charge in [0.25, 0.3) is 0 Å². The molecule has 1 heteroatoms. The molecule has 0 atom stereocenters. The second-order valence-corrected chi connectivity index (χ2v) is 5.97. The molecule has 0 heterocycles. The minimum atomic E-state index is 0.109. The Balaban J connectivity index is 1.90. The molecule has 2 saturated carbocycles. The Bertz CT molecular complexity index is 232. The molecule has 16 heavy (non-hydrogen) atoms. The lowest BCUT2D eigenvalue weighted by molar-refractivity contribution is -0.130. The maximum absolute atomic E-state index is 12.5. The van der Waals surface area contributed by atoms with E-state index < -0.39 is 0 Å². The molecule has 0 radical (unpaired) electrons. The quantitative estimate of drug-likeness (QED) is 0.684. The van der Waals surface area contributed by atoms with Crippen molar-refractivity contribution in [3.8, 4) is 0 Å². The molecule has 1 nitrogen and oxygen atoms in total. The van der Waals surface area contributed by atoms with E-state index in [1.165, 1.54) is 57.8 Å². The Morgan fingerprint density at radius 3 is 2.25 bits per heavy atom. The first kappa shape index (κ1) is 12.1. The van der Waals surface area contributed by atoms with Crippen LogP contribution in [0.2, 0.25) is 0 Å². The van der Waals surface area contributed by atoms with Gasteiger partial charge in [0.2, 0.25) is 0 Å². The zero-order valence-corrected chi connectivity index (χ0v) is 10.8. The molecule has 2 aliphatic rings. The predicted octanol–water partition coefficient (Wildman–Crippen LogP) is 4.50. The van der Waals surface area contributed by atoms with Gasteiger partial charge in [-0.1, -0.05) is 51.9 Å². The lowest BCUT2D eigenvalue weighted by Crippen LogP contribution is -2.29. The third kappa shape index (κ3) is 2.49. The lowest BCUT2D eigenvalue weighted by Gasteiger charge is -2.29. The summed E-state index contributed by atoms with van der Waals surface area (Å²) in [6, 6.07) is 0. The van der Waals surface area contributed by atoms with Crippen LogP contribution in [0.1, 0.15) is 77.6 Å². The van der Waals surface area contributed by atoms with Gasteiger partial charge in [-0.3, -0.25) is 4.79 Å². The van der Waals surface area contributed by atoms with Crippen molar-refractivity contribution in [2.24, 2.45) is 11.3 Å². The van der Waals surface area contributed by atoms with Crippen molar-refractivity contribution in [2.45, 2.75) is 77.6 Å². The number of hydrogen-bond donors (Lipinski definition) is 0. The fourth-order valence-electron chi connectivity index (χ4n) is 3.75. The Labute approximate surface area is 100.0 Å². The highest BCUT2D eigenvalue weighted by molar-refractivity contribution is 5.85. The zero-order chi connectivity index (χ0) is 11.4. The third-order valence-corrected chi connectivity index (χ3v) is 5.03. The summed E-state index contributed by atoms with van der Waals surface area (Å²) in [5.74, 6) is 1.34. The van der Waals surface area contributed by atoms with Crippen molar-refractivity contribution >= 4 is 5.78 Å². The molecule has 2 aliphatic carbocycles. The van der Waals surface area contributed by atoms with Gasteiger partial charge in [0, 0.05) is 11.8 Å². The van der Waals surface area contributed by atoms with Crippen LogP contribution in [0.15, 0.2) is 0 Å².